The molecule has 2 aliphatic heterocycles. The van der Waals surface area contributed by atoms with Crippen LogP contribution in [0.2, 0.25) is 0 Å². The molecule has 1 amide bonds. The molecule has 0 saturated carbocycles. The summed E-state index contributed by atoms with van der Waals surface area (Å²) in [5, 5.41) is 11.6. The van der Waals surface area contributed by atoms with E-state index in [0.29, 0.717) is 43.5 Å². The number of anilines is 2. The lowest BCUT2D eigenvalue weighted by atomic mass is 9.99. The Bertz CT molecular complexity index is 1010. The van der Waals surface area contributed by atoms with Gasteiger partial charge in [0.15, 0.2) is 6.61 Å². The van der Waals surface area contributed by atoms with Gasteiger partial charge in [0, 0.05) is 51.0 Å². The lowest BCUT2D eigenvalue weighted by Crippen LogP contribution is -2.50. The van der Waals surface area contributed by atoms with E-state index >= 15 is 0 Å². The fraction of sp³-hybridized carbons (Fsp3) is 0.519. The van der Waals surface area contributed by atoms with Crippen LogP contribution in [-0.4, -0.2) is 61.6 Å². The summed E-state index contributed by atoms with van der Waals surface area (Å²) in [5.41, 5.74) is 3.12. The molecule has 2 heterocycles. The highest BCUT2D eigenvalue weighted by atomic mass is 16.6. The first-order chi connectivity index (χ1) is 17.0. The molecule has 0 aliphatic carbocycles. The average Bonchev–Trinajstić information content (AvgIpc) is 2.91. The van der Waals surface area contributed by atoms with Gasteiger partial charge >= 0.3 is 0 Å². The number of hydrogen-bond acceptors (Lipinski definition) is 6. The lowest BCUT2D eigenvalue weighted by Gasteiger charge is -2.36. The molecule has 2 fully saturated rings. The number of carbonyl (C=O) groups is 1. The van der Waals surface area contributed by atoms with Crippen LogP contribution in [0.4, 0.5) is 17.1 Å². The first kappa shape index (κ1) is 24.8. The zero-order chi connectivity index (χ0) is 24.8. The number of nitro benzene ring substituents is 1. The van der Waals surface area contributed by atoms with Crippen LogP contribution in [-0.2, 0) is 4.79 Å². The van der Waals surface area contributed by atoms with Crippen molar-refractivity contribution in [2.75, 3.05) is 55.7 Å². The molecule has 8 heteroatoms. The van der Waals surface area contributed by atoms with E-state index in [0.717, 1.165) is 38.0 Å². The van der Waals surface area contributed by atoms with Gasteiger partial charge in [-0.2, -0.15) is 0 Å². The Hall–Kier alpha value is -3.29. The van der Waals surface area contributed by atoms with Crippen LogP contribution in [0.3, 0.4) is 0 Å². The van der Waals surface area contributed by atoms with Gasteiger partial charge in [-0.3, -0.25) is 14.9 Å². The van der Waals surface area contributed by atoms with Gasteiger partial charge in [0.25, 0.3) is 11.6 Å². The molecule has 0 aromatic heterocycles. The smallest absolute Gasteiger partial charge is 0.292 e. The Balaban J connectivity index is 1.32. The number of carbonyl (C=O) groups excluding carboxylic acids is 1. The summed E-state index contributed by atoms with van der Waals surface area (Å²) < 4.78 is 5.75. The van der Waals surface area contributed by atoms with Crippen molar-refractivity contribution < 1.29 is 14.5 Å². The number of nitro groups is 1. The minimum atomic E-state index is -0.289. The maximum Gasteiger partial charge on any atom is 0.292 e. The van der Waals surface area contributed by atoms with Crippen LogP contribution in [0.25, 0.3) is 0 Å². The van der Waals surface area contributed by atoms with Crippen molar-refractivity contribution in [1.82, 2.24) is 4.90 Å². The van der Waals surface area contributed by atoms with Gasteiger partial charge in [0.2, 0.25) is 0 Å². The van der Waals surface area contributed by atoms with E-state index in [1.807, 2.05) is 29.2 Å². The first-order valence-corrected chi connectivity index (χ1v) is 12.7. The summed E-state index contributed by atoms with van der Waals surface area (Å²) in [5.74, 6) is 1.20. The second-order valence-electron chi connectivity index (χ2n) is 9.51. The fourth-order valence-corrected chi connectivity index (χ4v) is 4.83. The van der Waals surface area contributed by atoms with Gasteiger partial charge in [0.1, 0.15) is 11.4 Å². The summed E-state index contributed by atoms with van der Waals surface area (Å²) in [4.78, 5) is 30.2. The van der Waals surface area contributed by atoms with Gasteiger partial charge < -0.3 is 19.4 Å². The molecule has 2 aromatic rings. The number of piperazine rings is 1. The normalized spacial score (nSPS) is 17.3. The number of nitrogens with zero attached hydrogens (tertiary/aromatic N) is 4. The van der Waals surface area contributed by atoms with Crippen molar-refractivity contribution in [2.24, 2.45) is 0 Å². The Kier molecular flexibility index (Phi) is 8.10. The maximum atomic E-state index is 12.7. The highest BCUT2D eigenvalue weighted by Crippen LogP contribution is 2.34. The Morgan fingerprint density at radius 3 is 2.29 bits per heavy atom. The molecule has 1 atom stereocenters. The zero-order valence-electron chi connectivity index (χ0n) is 20.8. The van der Waals surface area contributed by atoms with E-state index in [1.54, 1.807) is 6.07 Å². The molecule has 0 N–H and O–H groups in total. The van der Waals surface area contributed by atoms with E-state index in [2.05, 4.69) is 35.8 Å². The molecule has 35 heavy (non-hydrogen) atoms. The summed E-state index contributed by atoms with van der Waals surface area (Å²) in [6, 6.07) is 13.4. The van der Waals surface area contributed by atoms with E-state index in [4.69, 9.17) is 4.74 Å². The second-order valence-corrected chi connectivity index (χ2v) is 9.51. The van der Waals surface area contributed by atoms with Crippen LogP contribution in [0.5, 0.6) is 5.75 Å². The predicted molar refractivity (Wildman–Crippen MR) is 139 cm³/mol. The topological polar surface area (TPSA) is 79.2 Å². The molecule has 2 saturated heterocycles. The van der Waals surface area contributed by atoms with E-state index in [-0.39, 0.29) is 23.1 Å². The number of hydrogen-bond donors (Lipinski definition) is 0. The van der Waals surface area contributed by atoms with Crippen molar-refractivity contribution >= 4 is 23.0 Å². The summed E-state index contributed by atoms with van der Waals surface area (Å²) in [6.07, 6.45) is 4.38. The molecule has 188 valence electrons. The SMILES string of the molecule is CC[C@@H](C)c1ccc(OCC(=O)N2CCN(c3ccc([N+](=O)[O-])c(N4CCCCC4)c3)CC2)cc1. The van der Waals surface area contributed by atoms with Crippen molar-refractivity contribution in [3.8, 4) is 5.75 Å². The zero-order valence-corrected chi connectivity index (χ0v) is 20.8. The third-order valence-electron chi connectivity index (χ3n) is 7.27. The molecular formula is C27H36N4O4. The molecule has 2 aromatic carbocycles. The quantitative estimate of drug-likeness (QED) is 0.398. The summed E-state index contributed by atoms with van der Waals surface area (Å²) >= 11 is 0. The van der Waals surface area contributed by atoms with Gasteiger partial charge in [-0.25, -0.2) is 0 Å². The van der Waals surface area contributed by atoms with Crippen LogP contribution < -0.4 is 14.5 Å². The molecular weight excluding hydrogens is 444 g/mol. The number of rotatable bonds is 8. The van der Waals surface area contributed by atoms with Gasteiger partial charge in [-0.15, -0.1) is 0 Å². The van der Waals surface area contributed by atoms with E-state index < -0.39 is 0 Å². The monoisotopic (exact) mass is 480 g/mol. The van der Waals surface area contributed by atoms with E-state index in [9.17, 15) is 14.9 Å². The Morgan fingerprint density at radius 2 is 1.66 bits per heavy atom. The first-order valence-electron chi connectivity index (χ1n) is 12.7. The lowest BCUT2D eigenvalue weighted by molar-refractivity contribution is -0.384. The Morgan fingerprint density at radius 1 is 0.971 bits per heavy atom. The molecule has 0 bridgehead atoms. The predicted octanol–water partition coefficient (Wildman–Crippen LogP) is 4.83. The summed E-state index contributed by atoms with van der Waals surface area (Å²) in [6.45, 7) is 8.68. The molecule has 8 nitrogen and oxygen atoms in total. The van der Waals surface area contributed by atoms with Crippen LogP contribution in [0.15, 0.2) is 42.5 Å². The van der Waals surface area contributed by atoms with Crippen LogP contribution in [0.1, 0.15) is 51.0 Å². The van der Waals surface area contributed by atoms with Gasteiger partial charge in [-0.05, 0) is 61.4 Å². The fourth-order valence-electron chi connectivity index (χ4n) is 4.83. The highest BCUT2D eigenvalue weighted by Gasteiger charge is 2.25. The molecule has 0 unspecified atom stereocenters. The minimum absolute atomic E-state index is 0.0200. The van der Waals surface area contributed by atoms with Crippen LogP contribution >= 0.6 is 0 Å². The van der Waals surface area contributed by atoms with Gasteiger partial charge in [-0.1, -0.05) is 26.0 Å². The van der Waals surface area contributed by atoms with Gasteiger partial charge in [0.05, 0.1) is 4.92 Å². The summed E-state index contributed by atoms with van der Waals surface area (Å²) in [7, 11) is 0. The number of benzene rings is 2. The van der Waals surface area contributed by atoms with Crippen molar-refractivity contribution in [2.45, 2.75) is 45.4 Å². The average molecular weight is 481 g/mol. The minimum Gasteiger partial charge on any atom is -0.484 e. The highest BCUT2D eigenvalue weighted by molar-refractivity contribution is 5.78. The number of ether oxygens (including phenoxy) is 1. The third-order valence-corrected chi connectivity index (χ3v) is 7.27. The third kappa shape index (κ3) is 6.05. The number of amides is 1. The van der Waals surface area contributed by atoms with Crippen molar-refractivity contribution in [1.29, 1.82) is 0 Å². The molecule has 0 radical (unpaired) electrons. The number of piperidine rings is 1. The molecule has 4 rings (SSSR count). The van der Waals surface area contributed by atoms with E-state index in [1.165, 1.54) is 12.0 Å². The largest absolute Gasteiger partial charge is 0.484 e. The second kappa shape index (κ2) is 11.4. The van der Waals surface area contributed by atoms with Crippen molar-refractivity contribution in [3.63, 3.8) is 0 Å². The maximum absolute atomic E-state index is 12.7. The van der Waals surface area contributed by atoms with Crippen LogP contribution in [0, 0.1) is 10.1 Å². The van der Waals surface area contributed by atoms with Crippen molar-refractivity contribution in [3.05, 3.63) is 58.1 Å². The molecule has 2 aliphatic rings. The Labute approximate surface area is 207 Å². The standard InChI is InChI=1S/C27H36N4O4/c1-3-21(2)22-7-10-24(11-8-22)35-20-27(32)30-17-15-28(16-18-30)23-9-12-25(31(33)34)26(19-23)29-13-5-4-6-14-29/h7-12,19,21H,3-6,13-18,20H2,1-2H3/t21-/m1/s1. The molecule has 0 spiro atoms.